The maximum absolute atomic E-state index is 12.7. The van der Waals surface area contributed by atoms with Gasteiger partial charge in [0.25, 0.3) is 5.91 Å². The molecule has 2 unspecified atom stereocenters. The molecule has 0 aliphatic carbocycles. The summed E-state index contributed by atoms with van der Waals surface area (Å²) in [6.07, 6.45) is 5.07. The number of nitrogens with one attached hydrogen (secondary N) is 1. The second-order valence-corrected chi connectivity index (χ2v) is 6.55. The van der Waals surface area contributed by atoms with Crippen molar-refractivity contribution in [2.24, 2.45) is 0 Å². The summed E-state index contributed by atoms with van der Waals surface area (Å²) in [5.41, 5.74) is 3.17. The Hall–Kier alpha value is -2.10. The number of benzene rings is 1. The Morgan fingerprint density at radius 3 is 2.79 bits per heavy atom. The molecule has 1 aliphatic heterocycles. The van der Waals surface area contributed by atoms with Crippen LogP contribution in [0.1, 0.15) is 66.9 Å². The zero-order valence-electron chi connectivity index (χ0n) is 15.0. The molecule has 0 bridgehead atoms. The standard InChI is InChI=1S/C20H28N2O2/c1-5-7-14(3)15-8-10-18-16(12-15)13-22(20(18)24)17(6-2)9-11-19(23)21-4/h6,8,10,12,14,17H,2,5,7,9,11,13H2,1,3-4H3,(H,21,23). The van der Waals surface area contributed by atoms with Crippen LogP contribution < -0.4 is 5.32 Å². The number of hydrogen-bond acceptors (Lipinski definition) is 2. The van der Waals surface area contributed by atoms with Gasteiger partial charge < -0.3 is 10.2 Å². The number of fused-ring (bicyclic) bond motifs is 1. The van der Waals surface area contributed by atoms with E-state index in [4.69, 9.17) is 0 Å². The van der Waals surface area contributed by atoms with Crippen molar-refractivity contribution in [1.29, 1.82) is 0 Å². The summed E-state index contributed by atoms with van der Waals surface area (Å²) in [7, 11) is 1.63. The summed E-state index contributed by atoms with van der Waals surface area (Å²) in [6.45, 7) is 8.88. The average molecular weight is 328 g/mol. The van der Waals surface area contributed by atoms with Gasteiger partial charge in [-0.3, -0.25) is 9.59 Å². The van der Waals surface area contributed by atoms with E-state index in [1.54, 1.807) is 13.1 Å². The minimum atomic E-state index is -0.112. The van der Waals surface area contributed by atoms with Crippen molar-refractivity contribution in [1.82, 2.24) is 10.2 Å². The van der Waals surface area contributed by atoms with Crippen LogP contribution in [0, 0.1) is 0 Å². The summed E-state index contributed by atoms with van der Waals surface area (Å²) in [5.74, 6) is 0.538. The monoisotopic (exact) mass is 328 g/mol. The molecule has 1 N–H and O–H groups in total. The lowest BCUT2D eigenvalue weighted by molar-refractivity contribution is -0.120. The Bertz CT molecular complexity index is 624. The molecule has 4 heteroatoms. The highest BCUT2D eigenvalue weighted by Gasteiger charge is 2.31. The number of rotatable bonds is 8. The van der Waals surface area contributed by atoms with Gasteiger partial charge in [0.15, 0.2) is 0 Å². The van der Waals surface area contributed by atoms with Crippen LogP contribution in [0.5, 0.6) is 0 Å². The molecule has 0 saturated carbocycles. The second kappa shape index (κ2) is 8.13. The van der Waals surface area contributed by atoms with Gasteiger partial charge in [-0.25, -0.2) is 0 Å². The van der Waals surface area contributed by atoms with Crippen molar-refractivity contribution >= 4 is 11.8 Å². The van der Waals surface area contributed by atoms with Gasteiger partial charge in [0.1, 0.15) is 0 Å². The van der Waals surface area contributed by atoms with Gasteiger partial charge in [-0.05, 0) is 36.0 Å². The van der Waals surface area contributed by atoms with Gasteiger partial charge >= 0.3 is 0 Å². The van der Waals surface area contributed by atoms with Crippen molar-refractivity contribution in [3.63, 3.8) is 0 Å². The first-order valence-corrected chi connectivity index (χ1v) is 8.78. The molecule has 2 amide bonds. The third-order valence-corrected chi connectivity index (χ3v) is 4.87. The van der Waals surface area contributed by atoms with Crippen molar-refractivity contribution in [3.8, 4) is 0 Å². The van der Waals surface area contributed by atoms with Gasteiger partial charge in [0.2, 0.25) is 5.91 Å². The van der Waals surface area contributed by atoms with Crippen molar-refractivity contribution < 1.29 is 9.59 Å². The van der Waals surface area contributed by atoms with E-state index in [0.717, 1.165) is 24.0 Å². The fourth-order valence-electron chi connectivity index (χ4n) is 3.34. The van der Waals surface area contributed by atoms with E-state index < -0.39 is 0 Å². The summed E-state index contributed by atoms with van der Waals surface area (Å²) in [5, 5.41) is 2.62. The lowest BCUT2D eigenvalue weighted by atomic mass is 9.94. The fraction of sp³-hybridized carbons (Fsp3) is 0.500. The van der Waals surface area contributed by atoms with Gasteiger partial charge in [0.05, 0.1) is 6.04 Å². The van der Waals surface area contributed by atoms with E-state index >= 15 is 0 Å². The molecule has 0 radical (unpaired) electrons. The van der Waals surface area contributed by atoms with Crippen LogP contribution in [0.2, 0.25) is 0 Å². The normalized spacial score (nSPS) is 15.8. The molecule has 1 aliphatic rings. The van der Waals surface area contributed by atoms with E-state index in [1.807, 2.05) is 11.0 Å². The van der Waals surface area contributed by atoms with Gasteiger partial charge in [-0.15, -0.1) is 6.58 Å². The van der Waals surface area contributed by atoms with Crippen molar-refractivity contribution in [3.05, 3.63) is 47.5 Å². The number of amides is 2. The molecule has 24 heavy (non-hydrogen) atoms. The van der Waals surface area contributed by atoms with E-state index in [-0.39, 0.29) is 17.9 Å². The first-order chi connectivity index (χ1) is 11.5. The smallest absolute Gasteiger partial charge is 0.254 e. The van der Waals surface area contributed by atoms with Crippen LogP contribution in [0.4, 0.5) is 0 Å². The first kappa shape index (κ1) is 18.2. The van der Waals surface area contributed by atoms with Crippen LogP contribution in [-0.4, -0.2) is 29.8 Å². The maximum Gasteiger partial charge on any atom is 0.254 e. The molecule has 130 valence electrons. The number of carbonyl (C=O) groups is 2. The van der Waals surface area contributed by atoms with Crippen LogP contribution >= 0.6 is 0 Å². The van der Waals surface area contributed by atoms with E-state index in [2.05, 4.69) is 37.9 Å². The van der Waals surface area contributed by atoms with Gasteiger partial charge in [-0.1, -0.05) is 38.5 Å². The summed E-state index contributed by atoms with van der Waals surface area (Å²) >= 11 is 0. The molecule has 0 fully saturated rings. The van der Waals surface area contributed by atoms with Gasteiger partial charge in [-0.2, -0.15) is 0 Å². The average Bonchev–Trinajstić information content (AvgIpc) is 2.91. The highest BCUT2D eigenvalue weighted by molar-refractivity contribution is 5.98. The predicted molar refractivity (Wildman–Crippen MR) is 96.9 cm³/mol. The Morgan fingerprint density at radius 2 is 2.17 bits per heavy atom. The van der Waals surface area contributed by atoms with Gasteiger partial charge in [0, 0.05) is 25.6 Å². The number of nitrogens with zero attached hydrogens (tertiary/aromatic N) is 1. The van der Waals surface area contributed by atoms with E-state index in [9.17, 15) is 9.59 Å². The summed E-state index contributed by atoms with van der Waals surface area (Å²) in [4.78, 5) is 26.0. The number of hydrogen-bond donors (Lipinski definition) is 1. The van der Waals surface area contributed by atoms with Crippen molar-refractivity contribution in [2.45, 2.75) is 58.0 Å². The largest absolute Gasteiger partial charge is 0.359 e. The minimum Gasteiger partial charge on any atom is -0.359 e. The molecular weight excluding hydrogens is 300 g/mol. The second-order valence-electron chi connectivity index (χ2n) is 6.55. The Kier molecular flexibility index (Phi) is 6.18. The first-order valence-electron chi connectivity index (χ1n) is 8.78. The topological polar surface area (TPSA) is 49.4 Å². The van der Waals surface area contributed by atoms with Crippen LogP contribution in [0.15, 0.2) is 30.9 Å². The van der Waals surface area contributed by atoms with Crippen LogP contribution in [0.3, 0.4) is 0 Å². The summed E-state index contributed by atoms with van der Waals surface area (Å²) in [6, 6.07) is 6.09. The van der Waals surface area contributed by atoms with Crippen LogP contribution in [0.25, 0.3) is 0 Å². The maximum atomic E-state index is 12.7. The third kappa shape index (κ3) is 3.86. The van der Waals surface area contributed by atoms with Crippen molar-refractivity contribution in [2.75, 3.05) is 7.05 Å². The SMILES string of the molecule is C=CC(CCC(=O)NC)N1Cc2cc(C(C)CCC)ccc2C1=O. The predicted octanol–water partition coefficient (Wildman–Crippen LogP) is 3.63. The quantitative estimate of drug-likeness (QED) is 0.741. The fourth-order valence-corrected chi connectivity index (χ4v) is 3.34. The molecule has 1 aromatic rings. The van der Waals surface area contributed by atoms with E-state index in [1.165, 1.54) is 5.56 Å². The highest BCUT2D eigenvalue weighted by Crippen LogP contribution is 2.30. The summed E-state index contributed by atoms with van der Waals surface area (Å²) < 4.78 is 0. The Morgan fingerprint density at radius 1 is 1.42 bits per heavy atom. The minimum absolute atomic E-state index is 0.0123. The van der Waals surface area contributed by atoms with E-state index in [0.29, 0.717) is 25.3 Å². The van der Waals surface area contributed by atoms with Crippen LogP contribution in [-0.2, 0) is 11.3 Å². The molecule has 0 saturated heterocycles. The number of carbonyl (C=O) groups excluding carboxylic acids is 2. The lowest BCUT2D eigenvalue weighted by Gasteiger charge is -2.24. The molecular formula is C20H28N2O2. The highest BCUT2D eigenvalue weighted by atomic mass is 16.2. The zero-order valence-corrected chi connectivity index (χ0v) is 15.0. The lowest BCUT2D eigenvalue weighted by Crippen LogP contribution is -2.35. The molecule has 4 nitrogen and oxygen atoms in total. The zero-order chi connectivity index (χ0) is 17.7. The molecule has 0 aromatic heterocycles. The Balaban J connectivity index is 2.13. The Labute approximate surface area is 144 Å². The molecule has 0 spiro atoms. The molecule has 1 heterocycles. The molecule has 2 rings (SSSR count). The third-order valence-electron chi connectivity index (χ3n) is 4.87. The molecule has 1 aromatic carbocycles. The molecule has 2 atom stereocenters.